The number of alkyl halides is 15. The molecule has 0 aliphatic carbocycles. The largest absolute Gasteiger partial charge is 0.417 e. The fraction of sp³-hybridized carbons (Fsp3) is 0.0820. The molecule has 4 nitrogen and oxygen atoms in total. The zero-order valence-electron chi connectivity index (χ0n) is 40.2. The van der Waals surface area contributed by atoms with E-state index in [0.29, 0.717) is 78.6 Å². The maximum absolute atomic E-state index is 14.6. The molecule has 0 atom stereocenters. The van der Waals surface area contributed by atoms with Gasteiger partial charge in [-0.05, 0) is 130 Å². The number of benzene rings is 9. The summed E-state index contributed by atoms with van der Waals surface area (Å²) in [5, 5.41) is 22.3. The smallest absolute Gasteiger partial charge is 0.309 e. The maximum atomic E-state index is 14.6. The van der Waals surface area contributed by atoms with Crippen molar-refractivity contribution < 1.29 is 65.9 Å². The molecule has 0 aliphatic heterocycles. The van der Waals surface area contributed by atoms with Gasteiger partial charge in [-0.15, -0.1) is 0 Å². The second-order valence-electron chi connectivity index (χ2n) is 18.6. The summed E-state index contributed by atoms with van der Waals surface area (Å²) in [6.45, 7) is 0. The molecular weight excluding hydrogens is 1070 g/mol. The Labute approximate surface area is 441 Å². The van der Waals surface area contributed by atoms with Crippen molar-refractivity contribution in [3.05, 3.63) is 215 Å². The zero-order chi connectivity index (χ0) is 57.0. The van der Waals surface area contributed by atoms with Crippen LogP contribution in [0.15, 0.2) is 176 Å². The van der Waals surface area contributed by atoms with E-state index in [1.807, 2.05) is 6.07 Å². The quantitative estimate of drug-likeness (QED) is 0.156. The molecule has 0 radical (unpaired) electrons. The normalized spacial score (nSPS) is 12.7. The molecule has 0 saturated carbocycles. The summed E-state index contributed by atoms with van der Waals surface area (Å²) in [5.74, 6) is 0. The summed E-state index contributed by atoms with van der Waals surface area (Å²) in [6.07, 6.45) is -25.4. The Morgan fingerprint density at radius 2 is 0.713 bits per heavy atom. The topological polar surface area (TPSA) is 57.4 Å². The molecule has 2 aromatic heterocycles. The highest BCUT2D eigenvalue weighted by atomic mass is 19.4. The molecule has 0 spiro atoms. The van der Waals surface area contributed by atoms with Gasteiger partial charge < -0.3 is 9.13 Å². The van der Waals surface area contributed by atoms with Crippen LogP contribution in [0.25, 0.3) is 99.5 Å². The summed E-state index contributed by atoms with van der Waals surface area (Å²) in [6, 6.07) is 40.3. The van der Waals surface area contributed by atoms with Crippen molar-refractivity contribution in [2.45, 2.75) is 30.9 Å². The lowest BCUT2D eigenvalue weighted by Gasteiger charge is -2.20. The molecule has 398 valence electrons. The number of para-hydroxylation sites is 2. The van der Waals surface area contributed by atoms with Gasteiger partial charge in [-0.25, -0.2) is 0 Å². The van der Waals surface area contributed by atoms with Crippen LogP contribution in [-0.4, -0.2) is 9.13 Å². The summed E-state index contributed by atoms with van der Waals surface area (Å²) in [4.78, 5) is 0. The van der Waals surface area contributed by atoms with Crippen molar-refractivity contribution in [1.29, 1.82) is 10.5 Å². The molecule has 11 aromatic rings. The number of hydrogen-bond acceptors (Lipinski definition) is 2. The van der Waals surface area contributed by atoms with Gasteiger partial charge >= 0.3 is 30.9 Å². The Morgan fingerprint density at radius 1 is 0.300 bits per heavy atom. The van der Waals surface area contributed by atoms with E-state index in [-0.39, 0.29) is 51.2 Å². The van der Waals surface area contributed by atoms with Crippen LogP contribution in [0.2, 0.25) is 0 Å². The first-order chi connectivity index (χ1) is 37.7. The van der Waals surface area contributed by atoms with Crippen LogP contribution < -0.4 is 0 Å². The van der Waals surface area contributed by atoms with E-state index < -0.39 is 69.8 Å². The van der Waals surface area contributed by atoms with Crippen LogP contribution in [-0.2, 0) is 30.9 Å². The van der Waals surface area contributed by atoms with Crippen LogP contribution in [0.1, 0.15) is 38.9 Å². The van der Waals surface area contributed by atoms with Crippen LogP contribution in [0, 0.1) is 22.7 Å². The van der Waals surface area contributed by atoms with Gasteiger partial charge in [0.1, 0.15) is 0 Å². The zero-order valence-corrected chi connectivity index (χ0v) is 40.2. The lowest BCUT2D eigenvalue weighted by atomic mass is 9.93. The predicted octanol–water partition coefficient (Wildman–Crippen LogP) is 19.4. The van der Waals surface area contributed by atoms with E-state index >= 15 is 0 Å². The number of aromatic nitrogens is 2. The molecule has 0 aliphatic rings. The van der Waals surface area contributed by atoms with Crippen molar-refractivity contribution in [3.63, 3.8) is 0 Å². The van der Waals surface area contributed by atoms with Gasteiger partial charge in [0.15, 0.2) is 0 Å². The molecule has 2 heterocycles. The van der Waals surface area contributed by atoms with Crippen molar-refractivity contribution in [2.24, 2.45) is 0 Å². The van der Waals surface area contributed by atoms with Crippen LogP contribution in [0.5, 0.6) is 0 Å². The van der Waals surface area contributed by atoms with E-state index in [9.17, 15) is 76.4 Å². The van der Waals surface area contributed by atoms with E-state index in [1.54, 1.807) is 75.9 Å². The first-order valence-corrected chi connectivity index (χ1v) is 23.7. The van der Waals surface area contributed by atoms with Crippen LogP contribution >= 0.6 is 0 Å². The minimum atomic E-state index is -5.23. The first kappa shape index (κ1) is 52.6. The van der Waals surface area contributed by atoms with E-state index in [1.165, 1.54) is 54.6 Å². The predicted molar refractivity (Wildman–Crippen MR) is 271 cm³/mol. The third kappa shape index (κ3) is 9.07. The third-order valence-corrected chi connectivity index (χ3v) is 13.9. The summed E-state index contributed by atoms with van der Waals surface area (Å²) >= 11 is 0. The lowest BCUT2D eigenvalue weighted by Crippen LogP contribution is -2.12. The van der Waals surface area contributed by atoms with Crippen molar-refractivity contribution in [1.82, 2.24) is 9.13 Å². The molecule has 0 saturated heterocycles. The average molecular weight is 1100 g/mol. The van der Waals surface area contributed by atoms with Crippen molar-refractivity contribution in [3.8, 4) is 68.0 Å². The number of nitriles is 2. The Bertz CT molecular complexity index is 4440. The minimum absolute atomic E-state index is 0.0311. The van der Waals surface area contributed by atoms with E-state index in [0.717, 1.165) is 24.3 Å². The molecule has 0 N–H and O–H groups in total. The van der Waals surface area contributed by atoms with Gasteiger partial charge in [-0.2, -0.15) is 76.4 Å². The Morgan fingerprint density at radius 3 is 1.18 bits per heavy atom. The fourth-order valence-electron chi connectivity index (χ4n) is 10.4. The standard InChI is InChI=1S/C61H29F15N4/c62-57(63,64)37-13-17-40(36(24-37)31-78)35-10-16-45(56(27-35)80-52-8-4-2-6-44(52)48-26-34(12-22-55(48)80)42-19-15-39(59(68,69)70)29-50(42)61(74,75)76)46-23-32(30-77)9-20-53(46)79-51-7-3-1-5-43(51)47-25-33(11-21-54(47)79)41-18-14-38(58(65,66)67)28-49(41)60(71,72)73/h1-29H. The number of rotatable bonds is 6. The Kier molecular flexibility index (Phi) is 12.2. The van der Waals surface area contributed by atoms with Crippen molar-refractivity contribution >= 4 is 43.6 Å². The molecule has 0 unspecified atom stereocenters. The van der Waals surface area contributed by atoms with Gasteiger partial charge in [0.25, 0.3) is 0 Å². The summed E-state index contributed by atoms with van der Waals surface area (Å²) < 4.78 is 215. The summed E-state index contributed by atoms with van der Waals surface area (Å²) in [5.41, 5.74) is -5.68. The molecule has 19 heteroatoms. The number of hydrogen-bond donors (Lipinski definition) is 0. The lowest BCUT2D eigenvalue weighted by molar-refractivity contribution is -0.144. The second kappa shape index (κ2) is 18.6. The fourth-order valence-corrected chi connectivity index (χ4v) is 10.4. The van der Waals surface area contributed by atoms with E-state index in [4.69, 9.17) is 0 Å². The van der Waals surface area contributed by atoms with Crippen LogP contribution in [0.3, 0.4) is 0 Å². The van der Waals surface area contributed by atoms with Gasteiger partial charge in [-0.3, -0.25) is 0 Å². The first-order valence-electron chi connectivity index (χ1n) is 23.7. The highest BCUT2D eigenvalue weighted by Crippen LogP contribution is 2.48. The minimum Gasteiger partial charge on any atom is -0.309 e. The Balaban J connectivity index is 1.19. The SMILES string of the molecule is N#Cc1ccc(-n2c3ccccc3c3cc(-c4ccc(C(F)(F)F)cc4C(F)(F)F)ccc32)c(-c2ccc(-c3ccc(C(F)(F)F)cc3C#N)cc2-n2c3ccccc3c3cc(-c4ccc(C(F)(F)F)cc4C(F)(F)F)ccc32)c1. The molecule has 0 fully saturated rings. The second-order valence-corrected chi connectivity index (χ2v) is 18.6. The van der Waals surface area contributed by atoms with Gasteiger partial charge in [0.2, 0.25) is 0 Å². The highest BCUT2D eigenvalue weighted by Gasteiger charge is 2.40. The number of nitrogens with zero attached hydrogens (tertiary/aromatic N) is 4. The van der Waals surface area contributed by atoms with Gasteiger partial charge in [0, 0.05) is 32.7 Å². The summed E-state index contributed by atoms with van der Waals surface area (Å²) in [7, 11) is 0. The third-order valence-electron chi connectivity index (χ3n) is 13.9. The monoisotopic (exact) mass is 1100 g/mol. The molecule has 80 heavy (non-hydrogen) atoms. The Hall–Kier alpha value is -9.49. The number of fused-ring (bicyclic) bond motifs is 6. The average Bonchev–Trinajstić information content (AvgIpc) is 3.93. The molecule has 9 aromatic carbocycles. The van der Waals surface area contributed by atoms with Crippen molar-refractivity contribution in [2.75, 3.05) is 0 Å². The molecule has 0 bridgehead atoms. The molecule has 11 rings (SSSR count). The van der Waals surface area contributed by atoms with Gasteiger partial charge in [0.05, 0.1) is 84.5 Å². The highest BCUT2D eigenvalue weighted by molar-refractivity contribution is 6.13. The maximum Gasteiger partial charge on any atom is 0.417 e. The van der Waals surface area contributed by atoms with Gasteiger partial charge in [-0.1, -0.05) is 78.9 Å². The van der Waals surface area contributed by atoms with E-state index in [2.05, 4.69) is 6.07 Å². The number of halogens is 15. The molecule has 0 amide bonds. The van der Waals surface area contributed by atoms with Crippen LogP contribution in [0.4, 0.5) is 65.9 Å². The molecular formula is C61H29F15N4.